The molecule has 0 saturated carbocycles. The van der Waals surface area contributed by atoms with Gasteiger partial charge in [-0.25, -0.2) is 8.78 Å². The maximum atomic E-state index is 13.7. The fraction of sp³-hybridized carbons (Fsp3) is 0.333. The van der Waals surface area contributed by atoms with Crippen LogP contribution in [0.5, 0.6) is 0 Å². The van der Waals surface area contributed by atoms with E-state index in [0.717, 1.165) is 6.07 Å². The summed E-state index contributed by atoms with van der Waals surface area (Å²) in [7, 11) is 0. The van der Waals surface area contributed by atoms with Gasteiger partial charge in [-0.1, -0.05) is 0 Å². The van der Waals surface area contributed by atoms with Crippen LogP contribution in [0.3, 0.4) is 0 Å². The van der Waals surface area contributed by atoms with Crippen molar-refractivity contribution >= 4 is 29.2 Å². The van der Waals surface area contributed by atoms with E-state index in [0.29, 0.717) is 0 Å². The molecule has 0 spiro atoms. The van der Waals surface area contributed by atoms with Gasteiger partial charge in [-0.3, -0.25) is 4.79 Å². The lowest BCUT2D eigenvalue weighted by atomic mass is 9.99. The lowest BCUT2D eigenvalue weighted by molar-refractivity contribution is -0.119. The van der Waals surface area contributed by atoms with Gasteiger partial charge < -0.3 is 15.3 Å². The van der Waals surface area contributed by atoms with Crippen molar-refractivity contribution in [3.63, 3.8) is 0 Å². The number of imidazole rings is 1. The quantitative estimate of drug-likeness (QED) is 0.851. The topological polar surface area (TPSA) is 63.8 Å². The van der Waals surface area contributed by atoms with Crippen LogP contribution >= 0.6 is 12.2 Å². The maximum Gasteiger partial charge on any atom is 0.219 e. The molecule has 4 nitrogen and oxygen atoms in total. The van der Waals surface area contributed by atoms with Gasteiger partial charge in [0, 0.05) is 12.5 Å². The Labute approximate surface area is 113 Å². The number of H-pyrrole nitrogens is 1. The third-order valence-electron chi connectivity index (χ3n) is 2.92. The van der Waals surface area contributed by atoms with E-state index in [9.17, 15) is 13.6 Å². The summed E-state index contributed by atoms with van der Waals surface area (Å²) in [5, 5.41) is 0. The molecule has 3 N–H and O–H groups in total. The van der Waals surface area contributed by atoms with Crippen LogP contribution in [0, 0.1) is 16.4 Å². The van der Waals surface area contributed by atoms with Gasteiger partial charge in [0.2, 0.25) is 5.91 Å². The molecule has 0 radical (unpaired) electrons. The number of carbonyl (C=O) groups is 1. The van der Waals surface area contributed by atoms with Gasteiger partial charge in [0.05, 0.1) is 11.1 Å². The monoisotopic (exact) mass is 285 g/mol. The van der Waals surface area contributed by atoms with E-state index in [1.54, 1.807) is 13.8 Å². The Morgan fingerprint density at radius 1 is 1.47 bits per heavy atom. The molecule has 1 heterocycles. The smallest absolute Gasteiger partial charge is 0.219 e. The van der Waals surface area contributed by atoms with Crippen LogP contribution in [0.15, 0.2) is 12.1 Å². The average molecular weight is 285 g/mol. The van der Waals surface area contributed by atoms with Gasteiger partial charge in [0.25, 0.3) is 0 Å². The van der Waals surface area contributed by atoms with Crippen molar-refractivity contribution in [2.45, 2.75) is 25.8 Å². The van der Waals surface area contributed by atoms with Gasteiger partial charge >= 0.3 is 0 Å². The van der Waals surface area contributed by atoms with Crippen molar-refractivity contribution in [2.75, 3.05) is 0 Å². The molecule has 0 aliphatic carbocycles. The van der Waals surface area contributed by atoms with Crippen LogP contribution in [0.4, 0.5) is 8.78 Å². The summed E-state index contributed by atoms with van der Waals surface area (Å²) in [4.78, 5) is 13.8. The summed E-state index contributed by atoms with van der Waals surface area (Å²) in [5.74, 6) is -1.95. The van der Waals surface area contributed by atoms with Crippen molar-refractivity contribution in [1.29, 1.82) is 0 Å². The van der Waals surface area contributed by atoms with Crippen molar-refractivity contribution < 1.29 is 13.6 Å². The van der Waals surface area contributed by atoms with Gasteiger partial charge in [0.15, 0.2) is 10.6 Å². The molecule has 19 heavy (non-hydrogen) atoms. The highest BCUT2D eigenvalue weighted by molar-refractivity contribution is 7.71. The second kappa shape index (κ2) is 4.41. The zero-order valence-corrected chi connectivity index (χ0v) is 11.3. The lowest BCUT2D eigenvalue weighted by Crippen LogP contribution is -2.32. The Hall–Kier alpha value is -1.76. The fourth-order valence-corrected chi connectivity index (χ4v) is 2.69. The Kier molecular flexibility index (Phi) is 3.17. The zero-order valence-electron chi connectivity index (χ0n) is 10.5. The van der Waals surface area contributed by atoms with E-state index in [-0.39, 0.29) is 22.2 Å². The highest BCUT2D eigenvalue weighted by atomic mass is 32.1. The second-order valence-corrected chi connectivity index (χ2v) is 5.39. The molecule has 0 aliphatic rings. The second-order valence-electron chi connectivity index (χ2n) is 5.00. The Morgan fingerprint density at radius 2 is 2.11 bits per heavy atom. The number of nitrogens with one attached hydrogen (secondary N) is 1. The Morgan fingerprint density at radius 3 is 2.68 bits per heavy atom. The average Bonchev–Trinajstić information content (AvgIpc) is 2.53. The Balaban J connectivity index is 2.77. The largest absolute Gasteiger partial charge is 0.370 e. The number of rotatable bonds is 3. The molecule has 1 aromatic heterocycles. The van der Waals surface area contributed by atoms with Gasteiger partial charge in [-0.05, 0) is 32.1 Å². The number of hydrogen-bond donors (Lipinski definition) is 2. The SMILES string of the molecule is CC(C)(CC(N)=O)n1c(=S)[nH]c2c(F)cc(F)cc21. The van der Waals surface area contributed by atoms with E-state index in [4.69, 9.17) is 18.0 Å². The molecule has 0 aliphatic heterocycles. The standard InChI is InChI=1S/C12H13F2N3OS/c1-12(2,5-9(15)18)17-8-4-6(13)3-7(14)10(8)16-11(17)19/h3-4H,5H2,1-2H3,(H2,15,18)(H,16,19). The molecular weight excluding hydrogens is 272 g/mol. The number of halogens is 2. The molecule has 102 valence electrons. The number of aromatic amines is 1. The summed E-state index contributed by atoms with van der Waals surface area (Å²) in [6.45, 7) is 3.45. The third kappa shape index (κ3) is 2.37. The first-order chi connectivity index (χ1) is 8.72. The van der Waals surface area contributed by atoms with Crippen molar-refractivity contribution in [3.8, 4) is 0 Å². The van der Waals surface area contributed by atoms with Gasteiger partial charge in [0.1, 0.15) is 11.3 Å². The number of aromatic nitrogens is 2. The van der Waals surface area contributed by atoms with Crippen LogP contribution in [0.1, 0.15) is 20.3 Å². The first kappa shape index (κ1) is 13.7. The molecule has 1 amide bonds. The van der Waals surface area contributed by atoms with Crippen molar-refractivity contribution in [3.05, 3.63) is 28.5 Å². The predicted octanol–water partition coefficient (Wildman–Crippen LogP) is 2.59. The van der Waals surface area contributed by atoms with Crippen LogP contribution in [0.2, 0.25) is 0 Å². The molecule has 0 unspecified atom stereocenters. The van der Waals surface area contributed by atoms with Crippen LogP contribution in [-0.2, 0) is 10.3 Å². The minimum Gasteiger partial charge on any atom is -0.370 e. The highest BCUT2D eigenvalue weighted by Gasteiger charge is 2.26. The summed E-state index contributed by atoms with van der Waals surface area (Å²) < 4.78 is 28.7. The molecule has 0 bridgehead atoms. The Bertz CT molecular complexity index is 718. The molecule has 0 saturated heterocycles. The summed E-state index contributed by atoms with van der Waals surface area (Å²) in [6, 6.07) is 1.95. The van der Waals surface area contributed by atoms with E-state index < -0.39 is 23.1 Å². The summed E-state index contributed by atoms with van der Waals surface area (Å²) in [5.41, 5.74) is 4.80. The number of hydrogen-bond acceptors (Lipinski definition) is 2. The number of nitrogens with two attached hydrogens (primary N) is 1. The van der Waals surface area contributed by atoms with Crippen molar-refractivity contribution in [1.82, 2.24) is 9.55 Å². The highest BCUT2D eigenvalue weighted by Crippen LogP contribution is 2.28. The molecular formula is C12H13F2N3OS. The minimum absolute atomic E-state index is 0.00634. The number of benzene rings is 1. The number of nitrogens with zero attached hydrogens (tertiary/aromatic N) is 1. The first-order valence-corrected chi connectivity index (χ1v) is 6.02. The van der Waals surface area contributed by atoms with Gasteiger partial charge in [-0.15, -0.1) is 0 Å². The number of amides is 1. The van der Waals surface area contributed by atoms with E-state index in [1.165, 1.54) is 10.6 Å². The summed E-state index contributed by atoms with van der Waals surface area (Å²) >= 11 is 5.12. The van der Waals surface area contributed by atoms with Crippen molar-refractivity contribution in [2.24, 2.45) is 5.73 Å². The number of primary amides is 1. The fourth-order valence-electron chi connectivity index (χ4n) is 2.24. The molecule has 2 rings (SSSR count). The molecule has 0 fully saturated rings. The summed E-state index contributed by atoms with van der Waals surface area (Å²) in [6.07, 6.45) is 0.00634. The third-order valence-corrected chi connectivity index (χ3v) is 3.21. The van der Waals surface area contributed by atoms with E-state index >= 15 is 0 Å². The normalized spacial score (nSPS) is 12.0. The molecule has 1 aromatic carbocycles. The molecule has 0 atom stereocenters. The lowest BCUT2D eigenvalue weighted by Gasteiger charge is -2.26. The minimum atomic E-state index is -0.776. The molecule has 7 heteroatoms. The van der Waals surface area contributed by atoms with Gasteiger partial charge in [-0.2, -0.15) is 0 Å². The first-order valence-electron chi connectivity index (χ1n) is 5.61. The van der Waals surface area contributed by atoms with E-state index in [2.05, 4.69) is 4.98 Å². The molecule has 2 aromatic rings. The van der Waals surface area contributed by atoms with Crippen LogP contribution in [-0.4, -0.2) is 15.5 Å². The number of fused-ring (bicyclic) bond motifs is 1. The van der Waals surface area contributed by atoms with E-state index in [1.807, 2.05) is 0 Å². The maximum absolute atomic E-state index is 13.7. The predicted molar refractivity (Wildman–Crippen MR) is 70.2 cm³/mol. The van der Waals surface area contributed by atoms with Crippen LogP contribution < -0.4 is 5.73 Å². The number of carbonyl (C=O) groups excluding carboxylic acids is 1. The van der Waals surface area contributed by atoms with Crippen LogP contribution in [0.25, 0.3) is 11.0 Å². The zero-order chi connectivity index (χ0) is 14.4.